The van der Waals surface area contributed by atoms with E-state index in [1.54, 1.807) is 11.9 Å². The lowest BCUT2D eigenvalue weighted by Gasteiger charge is -2.25. The van der Waals surface area contributed by atoms with Crippen LogP contribution in [0.25, 0.3) is 0 Å². The lowest BCUT2D eigenvalue weighted by molar-refractivity contribution is 0.0717. The molecule has 20 heavy (non-hydrogen) atoms. The van der Waals surface area contributed by atoms with Gasteiger partial charge in [0, 0.05) is 19.5 Å². The minimum Gasteiger partial charge on any atom is -0.445 e. The van der Waals surface area contributed by atoms with Crippen LogP contribution in [0, 0.1) is 11.8 Å². The molecule has 0 aliphatic heterocycles. The zero-order chi connectivity index (χ0) is 14.5. The van der Waals surface area contributed by atoms with Crippen LogP contribution in [0.5, 0.6) is 0 Å². The molecule has 0 bridgehead atoms. The molecule has 110 valence electrons. The van der Waals surface area contributed by atoms with Crippen molar-refractivity contribution in [3.05, 3.63) is 35.9 Å². The summed E-state index contributed by atoms with van der Waals surface area (Å²) in [5, 5.41) is 9.92. The molecule has 0 heterocycles. The fraction of sp³-hybridized carbons (Fsp3) is 0.562. The number of aliphatic hydroxyl groups is 1. The average molecular weight is 277 g/mol. The van der Waals surface area contributed by atoms with E-state index in [1.165, 1.54) is 0 Å². The molecule has 4 heteroatoms. The molecule has 3 unspecified atom stereocenters. The van der Waals surface area contributed by atoms with Crippen LogP contribution in [0.2, 0.25) is 0 Å². The quantitative estimate of drug-likeness (QED) is 0.920. The second-order valence-electron chi connectivity index (χ2n) is 5.71. The van der Waals surface area contributed by atoms with Gasteiger partial charge in [0.15, 0.2) is 0 Å². The first-order valence-electron chi connectivity index (χ1n) is 7.18. The van der Waals surface area contributed by atoms with Gasteiger partial charge in [-0.3, -0.25) is 0 Å². The second-order valence-corrected chi connectivity index (χ2v) is 5.71. The number of aliphatic hydroxyl groups excluding tert-OH is 1. The van der Waals surface area contributed by atoms with E-state index in [0.29, 0.717) is 12.5 Å². The maximum atomic E-state index is 11.9. The van der Waals surface area contributed by atoms with Gasteiger partial charge in [-0.05, 0) is 24.3 Å². The van der Waals surface area contributed by atoms with E-state index >= 15 is 0 Å². The maximum absolute atomic E-state index is 11.9. The van der Waals surface area contributed by atoms with E-state index in [2.05, 4.69) is 6.92 Å². The van der Waals surface area contributed by atoms with Crippen molar-refractivity contribution in [2.75, 3.05) is 13.6 Å². The molecule has 2 rings (SSSR count). The Balaban J connectivity index is 1.80. The van der Waals surface area contributed by atoms with Crippen LogP contribution in [-0.2, 0) is 11.3 Å². The monoisotopic (exact) mass is 277 g/mol. The minimum atomic E-state index is -0.333. The number of hydrogen-bond donors (Lipinski definition) is 1. The largest absolute Gasteiger partial charge is 0.445 e. The Morgan fingerprint density at radius 3 is 2.65 bits per heavy atom. The van der Waals surface area contributed by atoms with Crippen molar-refractivity contribution in [1.29, 1.82) is 0 Å². The van der Waals surface area contributed by atoms with Crippen LogP contribution < -0.4 is 0 Å². The lowest BCUT2D eigenvalue weighted by atomic mass is 9.96. The summed E-state index contributed by atoms with van der Waals surface area (Å²) < 4.78 is 5.28. The predicted octanol–water partition coefficient (Wildman–Crippen LogP) is 2.66. The summed E-state index contributed by atoms with van der Waals surface area (Å²) >= 11 is 0. The first-order chi connectivity index (χ1) is 9.58. The molecule has 1 aromatic carbocycles. The van der Waals surface area contributed by atoms with E-state index in [-0.39, 0.29) is 24.7 Å². The molecule has 1 amide bonds. The Kier molecular flexibility index (Phi) is 5.01. The number of benzene rings is 1. The Morgan fingerprint density at radius 2 is 2.05 bits per heavy atom. The van der Waals surface area contributed by atoms with Crippen LogP contribution in [0.3, 0.4) is 0 Å². The molecule has 0 spiro atoms. The van der Waals surface area contributed by atoms with Gasteiger partial charge < -0.3 is 14.7 Å². The Morgan fingerprint density at radius 1 is 1.35 bits per heavy atom. The van der Waals surface area contributed by atoms with Crippen LogP contribution in [0.15, 0.2) is 30.3 Å². The van der Waals surface area contributed by atoms with Crippen molar-refractivity contribution in [2.24, 2.45) is 11.8 Å². The zero-order valence-electron chi connectivity index (χ0n) is 12.2. The van der Waals surface area contributed by atoms with Crippen LogP contribution in [0.4, 0.5) is 4.79 Å². The van der Waals surface area contributed by atoms with Gasteiger partial charge in [-0.15, -0.1) is 0 Å². The van der Waals surface area contributed by atoms with Crippen LogP contribution in [0.1, 0.15) is 25.3 Å². The summed E-state index contributed by atoms with van der Waals surface area (Å²) in [6, 6.07) is 9.62. The van der Waals surface area contributed by atoms with E-state index in [1.807, 2.05) is 30.3 Å². The molecular weight excluding hydrogens is 254 g/mol. The van der Waals surface area contributed by atoms with Crippen LogP contribution >= 0.6 is 0 Å². The second kappa shape index (κ2) is 6.75. The van der Waals surface area contributed by atoms with Gasteiger partial charge in [0.1, 0.15) is 6.61 Å². The first-order valence-corrected chi connectivity index (χ1v) is 7.18. The van der Waals surface area contributed by atoms with E-state index in [9.17, 15) is 9.90 Å². The molecule has 1 saturated carbocycles. The number of carbonyl (C=O) groups excluding carboxylic acids is 1. The summed E-state index contributed by atoms with van der Waals surface area (Å²) in [4.78, 5) is 13.5. The molecule has 1 fully saturated rings. The highest BCUT2D eigenvalue weighted by molar-refractivity contribution is 5.67. The van der Waals surface area contributed by atoms with E-state index in [4.69, 9.17) is 4.74 Å². The van der Waals surface area contributed by atoms with Crippen molar-refractivity contribution < 1.29 is 14.6 Å². The van der Waals surface area contributed by atoms with Crippen molar-refractivity contribution in [3.8, 4) is 0 Å². The van der Waals surface area contributed by atoms with E-state index in [0.717, 1.165) is 18.4 Å². The summed E-state index contributed by atoms with van der Waals surface area (Å²) in [6.45, 7) is 2.97. The minimum absolute atomic E-state index is 0.157. The average Bonchev–Trinajstić information content (AvgIpc) is 2.77. The van der Waals surface area contributed by atoms with Gasteiger partial charge in [-0.1, -0.05) is 37.3 Å². The molecule has 3 atom stereocenters. The number of carbonyl (C=O) groups is 1. The summed E-state index contributed by atoms with van der Waals surface area (Å²) in [6.07, 6.45) is 1.23. The third-order valence-corrected chi connectivity index (χ3v) is 4.14. The van der Waals surface area contributed by atoms with Gasteiger partial charge in [0.05, 0.1) is 6.10 Å². The number of ether oxygens (including phenoxy) is 1. The molecular formula is C16H23NO3. The maximum Gasteiger partial charge on any atom is 0.409 e. The highest BCUT2D eigenvalue weighted by atomic mass is 16.6. The van der Waals surface area contributed by atoms with Crippen molar-refractivity contribution in [3.63, 3.8) is 0 Å². The van der Waals surface area contributed by atoms with Gasteiger partial charge in [-0.25, -0.2) is 4.79 Å². The molecule has 1 aromatic rings. The molecule has 1 aliphatic rings. The SMILES string of the molecule is CC1CCC(O)C1CN(C)C(=O)OCc1ccccc1. The van der Waals surface area contributed by atoms with E-state index < -0.39 is 0 Å². The third-order valence-electron chi connectivity index (χ3n) is 4.14. The number of hydrogen-bond acceptors (Lipinski definition) is 3. The zero-order valence-corrected chi connectivity index (χ0v) is 12.2. The highest BCUT2D eigenvalue weighted by Crippen LogP contribution is 2.32. The Labute approximate surface area is 120 Å². The summed E-state index contributed by atoms with van der Waals surface area (Å²) in [5.41, 5.74) is 0.975. The van der Waals surface area contributed by atoms with Crippen molar-refractivity contribution in [1.82, 2.24) is 4.90 Å². The number of amides is 1. The fourth-order valence-electron chi connectivity index (χ4n) is 2.76. The standard InChI is InChI=1S/C16H23NO3/c1-12-8-9-15(18)14(12)10-17(2)16(19)20-11-13-6-4-3-5-7-13/h3-7,12,14-15,18H,8-11H2,1-2H3. The molecule has 0 saturated heterocycles. The fourth-order valence-corrected chi connectivity index (χ4v) is 2.76. The lowest BCUT2D eigenvalue weighted by Crippen LogP contribution is -2.36. The molecule has 0 radical (unpaired) electrons. The molecule has 1 aliphatic carbocycles. The topological polar surface area (TPSA) is 49.8 Å². The smallest absolute Gasteiger partial charge is 0.409 e. The molecule has 1 N–H and O–H groups in total. The number of nitrogens with zero attached hydrogens (tertiary/aromatic N) is 1. The van der Waals surface area contributed by atoms with Gasteiger partial charge in [0.2, 0.25) is 0 Å². The highest BCUT2D eigenvalue weighted by Gasteiger charge is 2.33. The van der Waals surface area contributed by atoms with Crippen molar-refractivity contribution >= 4 is 6.09 Å². The first kappa shape index (κ1) is 14.9. The molecule has 4 nitrogen and oxygen atoms in total. The normalized spacial score (nSPS) is 25.4. The number of rotatable bonds is 4. The van der Waals surface area contributed by atoms with Gasteiger partial charge >= 0.3 is 6.09 Å². The van der Waals surface area contributed by atoms with Crippen LogP contribution in [-0.4, -0.2) is 35.8 Å². The summed E-state index contributed by atoms with van der Waals surface area (Å²) in [5.74, 6) is 0.610. The third kappa shape index (κ3) is 3.73. The summed E-state index contributed by atoms with van der Waals surface area (Å²) in [7, 11) is 1.73. The van der Waals surface area contributed by atoms with Gasteiger partial charge in [-0.2, -0.15) is 0 Å². The Hall–Kier alpha value is -1.55. The van der Waals surface area contributed by atoms with Crippen molar-refractivity contribution in [2.45, 2.75) is 32.5 Å². The Bertz CT molecular complexity index is 425. The predicted molar refractivity (Wildman–Crippen MR) is 77.2 cm³/mol. The molecule has 0 aromatic heterocycles. The van der Waals surface area contributed by atoms with Gasteiger partial charge in [0.25, 0.3) is 0 Å².